The summed E-state index contributed by atoms with van der Waals surface area (Å²) >= 11 is 1.70. The Morgan fingerprint density at radius 3 is 2.81 bits per heavy atom. The molecule has 0 aliphatic heterocycles. The minimum absolute atomic E-state index is 0.106. The summed E-state index contributed by atoms with van der Waals surface area (Å²) in [7, 11) is 0. The van der Waals surface area contributed by atoms with E-state index in [1.807, 2.05) is 25.3 Å². The third kappa shape index (κ3) is 3.10. The quantitative estimate of drug-likeness (QED) is 0.891. The second kappa shape index (κ2) is 5.89. The largest absolute Gasteiger partial charge is 0.395 e. The fourth-order valence-electron chi connectivity index (χ4n) is 2.20. The minimum Gasteiger partial charge on any atom is -0.395 e. The molecule has 21 heavy (non-hydrogen) atoms. The monoisotopic (exact) mass is 306 g/mol. The van der Waals surface area contributed by atoms with Crippen LogP contribution >= 0.6 is 11.3 Å². The van der Waals surface area contributed by atoms with Crippen molar-refractivity contribution in [2.45, 2.75) is 39.7 Å². The number of rotatable bonds is 5. The first kappa shape index (κ1) is 15.6. The number of nitrogens with zero attached hydrogens (tertiary/aromatic N) is 2. The van der Waals surface area contributed by atoms with Gasteiger partial charge in [-0.3, -0.25) is 9.48 Å². The molecule has 2 aromatic rings. The van der Waals surface area contributed by atoms with Crippen molar-refractivity contribution in [2.75, 3.05) is 12.3 Å². The summed E-state index contributed by atoms with van der Waals surface area (Å²) in [5, 5.41) is 9.31. The first-order valence-electron chi connectivity index (χ1n) is 7.02. The van der Waals surface area contributed by atoms with Crippen molar-refractivity contribution >= 4 is 22.9 Å². The Bertz CT molecular complexity index is 628. The van der Waals surface area contributed by atoms with Gasteiger partial charge in [-0.05, 0) is 25.3 Å². The zero-order valence-corrected chi connectivity index (χ0v) is 13.8. The van der Waals surface area contributed by atoms with Crippen molar-refractivity contribution in [1.82, 2.24) is 15.1 Å². The Hall–Kier alpha value is -1.82. The van der Waals surface area contributed by atoms with Crippen LogP contribution in [0.4, 0.5) is 5.69 Å². The molecular formula is C15H22N4OS. The average molecular weight is 306 g/mol. The number of nitrogens with one attached hydrogen (secondary N) is 1. The molecule has 0 saturated heterocycles. The summed E-state index contributed by atoms with van der Waals surface area (Å²) in [4.78, 5) is 13.7. The highest BCUT2D eigenvalue weighted by Gasteiger charge is 2.25. The molecule has 6 heteroatoms. The molecule has 2 aromatic heterocycles. The predicted molar refractivity (Wildman–Crippen MR) is 86.7 cm³/mol. The third-order valence-electron chi connectivity index (χ3n) is 3.57. The highest BCUT2D eigenvalue weighted by atomic mass is 32.1. The normalized spacial score (nSPS) is 11.6. The van der Waals surface area contributed by atoms with Crippen molar-refractivity contribution in [3.8, 4) is 0 Å². The zero-order chi connectivity index (χ0) is 15.6. The van der Waals surface area contributed by atoms with Crippen molar-refractivity contribution in [3.63, 3.8) is 0 Å². The molecule has 1 amide bonds. The van der Waals surface area contributed by atoms with Crippen LogP contribution in [-0.4, -0.2) is 22.2 Å². The van der Waals surface area contributed by atoms with Gasteiger partial charge in [-0.2, -0.15) is 5.10 Å². The molecule has 0 aliphatic rings. The van der Waals surface area contributed by atoms with E-state index in [-0.39, 0.29) is 11.3 Å². The number of carbonyl (C=O) groups excluding carboxylic acids is 1. The Balaban J connectivity index is 2.12. The van der Waals surface area contributed by atoms with E-state index in [4.69, 9.17) is 5.73 Å². The third-order valence-corrected chi connectivity index (χ3v) is 4.80. The summed E-state index contributed by atoms with van der Waals surface area (Å²) in [6, 6.07) is 4.11. The van der Waals surface area contributed by atoms with Gasteiger partial charge < -0.3 is 11.1 Å². The fourth-order valence-corrected chi connectivity index (χ4v) is 3.05. The Morgan fingerprint density at radius 1 is 1.52 bits per heavy atom. The summed E-state index contributed by atoms with van der Waals surface area (Å²) in [6.45, 7) is 9.16. The molecule has 0 aliphatic carbocycles. The number of nitrogen functional groups attached to an aromatic ring is 1. The van der Waals surface area contributed by atoms with E-state index in [9.17, 15) is 4.79 Å². The highest BCUT2D eigenvalue weighted by Crippen LogP contribution is 2.27. The number of aryl methyl sites for hydroxylation is 2. The number of carbonyl (C=O) groups is 1. The second-order valence-electron chi connectivity index (χ2n) is 5.71. The number of aromatic nitrogens is 2. The van der Waals surface area contributed by atoms with Gasteiger partial charge in [0.2, 0.25) is 0 Å². The van der Waals surface area contributed by atoms with Gasteiger partial charge in [0.15, 0.2) is 0 Å². The molecule has 0 fully saturated rings. The van der Waals surface area contributed by atoms with Gasteiger partial charge in [0.05, 0.1) is 11.4 Å². The number of hydrogen-bond acceptors (Lipinski definition) is 4. The van der Waals surface area contributed by atoms with Crippen LogP contribution in [0, 0.1) is 6.92 Å². The van der Waals surface area contributed by atoms with Crippen LogP contribution in [0.25, 0.3) is 0 Å². The predicted octanol–water partition coefficient (Wildman–Crippen LogP) is 2.56. The molecule has 2 heterocycles. The lowest BCUT2D eigenvalue weighted by Crippen LogP contribution is -2.37. The Morgan fingerprint density at radius 2 is 2.24 bits per heavy atom. The van der Waals surface area contributed by atoms with E-state index >= 15 is 0 Å². The summed E-state index contributed by atoms with van der Waals surface area (Å²) < 4.78 is 1.65. The summed E-state index contributed by atoms with van der Waals surface area (Å²) in [5.41, 5.74) is 7.48. The topological polar surface area (TPSA) is 72.9 Å². The first-order valence-corrected chi connectivity index (χ1v) is 7.90. The maximum Gasteiger partial charge on any atom is 0.271 e. The van der Waals surface area contributed by atoms with E-state index in [2.05, 4.69) is 30.3 Å². The molecule has 0 atom stereocenters. The van der Waals surface area contributed by atoms with Crippen LogP contribution in [0.1, 0.15) is 41.8 Å². The zero-order valence-electron chi connectivity index (χ0n) is 12.9. The lowest BCUT2D eigenvalue weighted by atomic mass is 9.91. The standard InChI is InChI=1S/C15H22N4OS/c1-5-19-13(12(16)10(2)18-19)14(20)17-9-15(3,4)11-7-6-8-21-11/h6-8H,5,9,16H2,1-4H3,(H,17,20). The van der Waals surface area contributed by atoms with E-state index in [1.54, 1.807) is 16.0 Å². The average Bonchev–Trinajstić information content (AvgIpc) is 3.06. The lowest BCUT2D eigenvalue weighted by molar-refractivity contribution is 0.0936. The molecule has 5 nitrogen and oxygen atoms in total. The van der Waals surface area contributed by atoms with Gasteiger partial charge >= 0.3 is 0 Å². The second-order valence-corrected chi connectivity index (χ2v) is 6.66. The molecule has 0 aromatic carbocycles. The molecule has 0 bridgehead atoms. The number of nitrogens with two attached hydrogens (primary N) is 1. The van der Waals surface area contributed by atoms with Gasteiger partial charge in [0.25, 0.3) is 5.91 Å². The van der Waals surface area contributed by atoms with Crippen molar-refractivity contribution in [3.05, 3.63) is 33.8 Å². The van der Waals surface area contributed by atoms with Crippen molar-refractivity contribution in [2.24, 2.45) is 0 Å². The molecule has 0 saturated carbocycles. The van der Waals surface area contributed by atoms with Crippen LogP contribution in [0.15, 0.2) is 17.5 Å². The summed E-state index contributed by atoms with van der Waals surface area (Å²) in [5.74, 6) is -0.167. The maximum absolute atomic E-state index is 12.4. The van der Waals surface area contributed by atoms with E-state index in [0.717, 1.165) is 0 Å². The van der Waals surface area contributed by atoms with Crippen LogP contribution in [0.3, 0.4) is 0 Å². The fraction of sp³-hybridized carbons (Fsp3) is 0.467. The van der Waals surface area contributed by atoms with Gasteiger partial charge in [-0.1, -0.05) is 19.9 Å². The van der Waals surface area contributed by atoms with E-state index in [1.165, 1.54) is 4.88 Å². The van der Waals surface area contributed by atoms with Crippen LogP contribution in [0.5, 0.6) is 0 Å². The summed E-state index contributed by atoms with van der Waals surface area (Å²) in [6.07, 6.45) is 0. The molecule has 2 rings (SSSR count). The molecule has 0 radical (unpaired) electrons. The van der Waals surface area contributed by atoms with Crippen LogP contribution < -0.4 is 11.1 Å². The Kier molecular flexibility index (Phi) is 4.37. The smallest absolute Gasteiger partial charge is 0.271 e. The highest BCUT2D eigenvalue weighted by molar-refractivity contribution is 7.10. The van der Waals surface area contributed by atoms with Gasteiger partial charge in [0.1, 0.15) is 5.69 Å². The Labute approximate surface area is 129 Å². The number of hydrogen-bond donors (Lipinski definition) is 2. The SMILES string of the molecule is CCn1nc(C)c(N)c1C(=O)NCC(C)(C)c1cccs1. The molecule has 3 N–H and O–H groups in total. The molecule has 0 unspecified atom stereocenters. The van der Waals surface area contributed by atoms with Crippen molar-refractivity contribution < 1.29 is 4.79 Å². The van der Waals surface area contributed by atoms with Crippen LogP contribution in [0.2, 0.25) is 0 Å². The number of anilines is 1. The van der Waals surface area contributed by atoms with E-state index in [0.29, 0.717) is 30.2 Å². The lowest BCUT2D eigenvalue weighted by Gasteiger charge is -2.23. The number of thiophene rings is 1. The van der Waals surface area contributed by atoms with Gasteiger partial charge in [-0.15, -0.1) is 11.3 Å². The minimum atomic E-state index is -0.167. The van der Waals surface area contributed by atoms with E-state index < -0.39 is 0 Å². The number of amides is 1. The molecular weight excluding hydrogens is 284 g/mol. The van der Waals surface area contributed by atoms with Gasteiger partial charge in [-0.25, -0.2) is 0 Å². The molecule has 0 spiro atoms. The van der Waals surface area contributed by atoms with Gasteiger partial charge in [0, 0.05) is 23.4 Å². The van der Waals surface area contributed by atoms with Crippen molar-refractivity contribution in [1.29, 1.82) is 0 Å². The van der Waals surface area contributed by atoms with Crippen LogP contribution in [-0.2, 0) is 12.0 Å². The maximum atomic E-state index is 12.4. The first-order chi connectivity index (χ1) is 9.86. The molecule has 114 valence electrons.